The maximum atomic E-state index is 13.1. The number of hydrogen-bond donors (Lipinski definition) is 2. The number of benzene rings is 2. The Balaban J connectivity index is 1.53. The van der Waals surface area contributed by atoms with E-state index in [4.69, 9.17) is 4.74 Å². The molecule has 34 heavy (non-hydrogen) atoms. The van der Waals surface area contributed by atoms with Gasteiger partial charge >= 0.3 is 5.97 Å². The number of hydrogen-bond acceptors (Lipinski definition) is 7. The molecule has 2 aromatic carbocycles. The van der Waals surface area contributed by atoms with Crippen LogP contribution in [-0.2, 0) is 23.0 Å². The van der Waals surface area contributed by atoms with E-state index in [2.05, 4.69) is 15.3 Å². The Morgan fingerprint density at radius 2 is 1.82 bits per heavy atom. The second-order valence-corrected chi connectivity index (χ2v) is 9.35. The van der Waals surface area contributed by atoms with Crippen LogP contribution in [-0.4, -0.2) is 52.8 Å². The number of carbonyl (C=O) groups excluding carboxylic acids is 1. The number of nitrogens with zero attached hydrogens (tertiary/aromatic N) is 3. The van der Waals surface area contributed by atoms with Gasteiger partial charge in [-0.25, -0.2) is 23.2 Å². The Hall–Kier alpha value is -3.83. The Morgan fingerprint density at radius 1 is 1.12 bits per heavy atom. The van der Waals surface area contributed by atoms with Crippen LogP contribution < -0.4 is 10.1 Å². The van der Waals surface area contributed by atoms with Crippen molar-refractivity contribution in [1.29, 1.82) is 0 Å². The maximum Gasteiger partial charge on any atom is 0.337 e. The van der Waals surface area contributed by atoms with E-state index in [1.807, 2.05) is 6.92 Å². The van der Waals surface area contributed by atoms with E-state index in [0.29, 0.717) is 29.2 Å². The Kier molecular flexibility index (Phi) is 6.57. The summed E-state index contributed by atoms with van der Waals surface area (Å²) in [6.07, 6.45) is 1.75. The van der Waals surface area contributed by atoms with Crippen LogP contribution in [0.3, 0.4) is 0 Å². The molecule has 3 aromatic rings. The first-order valence-electron chi connectivity index (χ1n) is 10.5. The molecular weight excluding hydrogens is 460 g/mol. The number of sulfonamides is 1. The summed E-state index contributed by atoms with van der Waals surface area (Å²) in [4.78, 5) is 32.5. The van der Waals surface area contributed by atoms with Crippen LogP contribution in [0.1, 0.15) is 38.9 Å². The first-order chi connectivity index (χ1) is 16.3. The van der Waals surface area contributed by atoms with E-state index >= 15 is 0 Å². The predicted octanol–water partition coefficient (Wildman–Crippen LogP) is 2.57. The molecule has 4 rings (SSSR count). The van der Waals surface area contributed by atoms with Crippen molar-refractivity contribution in [2.75, 3.05) is 18.5 Å². The number of fused-ring (bicyclic) bond motifs is 1. The highest BCUT2D eigenvalue weighted by Crippen LogP contribution is 2.27. The molecule has 11 heteroatoms. The minimum atomic E-state index is -4.04. The number of ether oxygens (including phenoxy) is 1. The van der Waals surface area contributed by atoms with E-state index < -0.39 is 21.9 Å². The number of carboxylic acids is 1. The van der Waals surface area contributed by atoms with Crippen molar-refractivity contribution in [1.82, 2.24) is 14.3 Å². The summed E-state index contributed by atoms with van der Waals surface area (Å²) in [6, 6.07) is 12.3. The van der Waals surface area contributed by atoms with Crippen molar-refractivity contribution in [3.8, 4) is 5.75 Å². The van der Waals surface area contributed by atoms with E-state index in [1.165, 1.54) is 34.8 Å². The van der Waals surface area contributed by atoms with Crippen LogP contribution in [0.25, 0.3) is 0 Å². The number of anilines is 1. The Bertz CT molecular complexity index is 1360. The lowest BCUT2D eigenvalue weighted by molar-refractivity contribution is 0.0692. The molecule has 0 saturated carbocycles. The average molecular weight is 483 g/mol. The van der Waals surface area contributed by atoms with Gasteiger partial charge in [0.05, 0.1) is 28.3 Å². The van der Waals surface area contributed by atoms with Crippen LogP contribution >= 0.6 is 0 Å². The van der Waals surface area contributed by atoms with Crippen LogP contribution in [0.15, 0.2) is 59.6 Å². The molecule has 1 aromatic heterocycles. The lowest BCUT2D eigenvalue weighted by atomic mass is 10.1. The number of carboxylic acid groups (broad SMARTS) is 1. The van der Waals surface area contributed by atoms with E-state index in [1.54, 1.807) is 24.3 Å². The molecule has 1 amide bonds. The highest BCUT2D eigenvalue weighted by molar-refractivity contribution is 7.89. The van der Waals surface area contributed by atoms with Gasteiger partial charge in [0, 0.05) is 31.3 Å². The minimum absolute atomic E-state index is 0.00692. The van der Waals surface area contributed by atoms with E-state index in [-0.39, 0.29) is 35.9 Å². The molecule has 0 bridgehead atoms. The summed E-state index contributed by atoms with van der Waals surface area (Å²) in [6.45, 7) is 2.34. The largest absolute Gasteiger partial charge is 0.493 e. The quantitative estimate of drug-likeness (QED) is 0.524. The van der Waals surface area contributed by atoms with E-state index in [9.17, 15) is 23.1 Å². The van der Waals surface area contributed by atoms with Gasteiger partial charge in [0.15, 0.2) is 0 Å². The Labute approximate surface area is 196 Å². The number of amides is 1. The third-order valence-corrected chi connectivity index (χ3v) is 7.19. The van der Waals surface area contributed by atoms with Crippen LogP contribution in [0.4, 0.5) is 5.95 Å². The number of aromatic carboxylic acids is 1. The van der Waals surface area contributed by atoms with Crippen molar-refractivity contribution in [2.45, 2.75) is 24.8 Å². The molecule has 0 unspecified atom stereocenters. The normalized spacial score (nSPS) is 13.7. The van der Waals surface area contributed by atoms with Gasteiger partial charge in [-0.2, -0.15) is 4.31 Å². The average Bonchev–Trinajstić information content (AvgIpc) is 2.84. The van der Waals surface area contributed by atoms with Crippen molar-refractivity contribution in [2.24, 2.45) is 0 Å². The predicted molar refractivity (Wildman–Crippen MR) is 122 cm³/mol. The first kappa shape index (κ1) is 23.3. The minimum Gasteiger partial charge on any atom is -0.493 e. The van der Waals surface area contributed by atoms with Gasteiger partial charge in [-0.15, -0.1) is 0 Å². The van der Waals surface area contributed by atoms with Gasteiger partial charge in [0.25, 0.3) is 5.91 Å². The molecule has 10 nitrogen and oxygen atoms in total. The monoisotopic (exact) mass is 482 g/mol. The molecule has 1 aliphatic rings. The summed E-state index contributed by atoms with van der Waals surface area (Å²) in [5, 5.41) is 12.0. The molecule has 0 atom stereocenters. The topological polar surface area (TPSA) is 139 Å². The smallest absolute Gasteiger partial charge is 0.337 e. The second kappa shape index (κ2) is 9.57. The summed E-state index contributed by atoms with van der Waals surface area (Å²) in [5.41, 5.74) is 1.26. The summed E-state index contributed by atoms with van der Waals surface area (Å²) < 4.78 is 33.0. The second-order valence-electron chi connectivity index (χ2n) is 7.44. The van der Waals surface area contributed by atoms with Crippen molar-refractivity contribution in [3.63, 3.8) is 0 Å². The highest BCUT2D eigenvalue weighted by atomic mass is 32.2. The van der Waals surface area contributed by atoms with Gasteiger partial charge in [0.2, 0.25) is 16.0 Å². The summed E-state index contributed by atoms with van der Waals surface area (Å²) in [5.74, 6) is -1.19. The molecular formula is C23H22N4O6S. The summed E-state index contributed by atoms with van der Waals surface area (Å²) >= 11 is 0. The van der Waals surface area contributed by atoms with Gasteiger partial charge < -0.3 is 9.84 Å². The molecule has 0 fully saturated rings. The number of carbonyl (C=O) groups is 2. The number of nitrogens with one attached hydrogen (secondary N) is 1. The fourth-order valence-corrected chi connectivity index (χ4v) is 5.27. The van der Waals surface area contributed by atoms with Gasteiger partial charge in [-0.05, 0) is 31.2 Å². The summed E-state index contributed by atoms with van der Waals surface area (Å²) in [7, 11) is -4.04. The highest BCUT2D eigenvalue weighted by Gasteiger charge is 2.32. The molecule has 2 heterocycles. The maximum absolute atomic E-state index is 13.1. The molecule has 0 saturated heterocycles. The van der Waals surface area contributed by atoms with Gasteiger partial charge in [0.1, 0.15) is 5.75 Å². The lowest BCUT2D eigenvalue weighted by Crippen LogP contribution is -2.37. The molecule has 1 aliphatic heterocycles. The zero-order valence-electron chi connectivity index (χ0n) is 18.3. The standard InChI is InChI=1S/C23H22N4O6S/c1-2-33-19-9-5-3-7-16(19)21(28)26-23-24-13-15-14-27(12-11-18(15)25-23)34(31,32)20-10-6-4-8-17(20)22(29)30/h3-10,13H,2,11-12,14H2,1H3,(H,29,30)(H,24,25,26,28). The van der Waals surface area contributed by atoms with Crippen LogP contribution in [0, 0.1) is 0 Å². The number of aromatic nitrogens is 2. The van der Waals surface area contributed by atoms with Crippen LogP contribution in [0.5, 0.6) is 5.75 Å². The molecule has 0 spiro atoms. The lowest BCUT2D eigenvalue weighted by Gasteiger charge is -2.27. The van der Waals surface area contributed by atoms with Gasteiger partial charge in [-0.1, -0.05) is 24.3 Å². The van der Waals surface area contributed by atoms with Gasteiger partial charge in [-0.3, -0.25) is 10.1 Å². The zero-order chi connectivity index (χ0) is 24.3. The van der Waals surface area contributed by atoms with E-state index in [0.717, 1.165) is 0 Å². The third-order valence-electron chi connectivity index (χ3n) is 5.29. The molecule has 2 N–H and O–H groups in total. The molecule has 176 valence electrons. The van der Waals surface area contributed by atoms with Crippen molar-refractivity contribution >= 4 is 27.8 Å². The number of rotatable bonds is 7. The SMILES string of the molecule is CCOc1ccccc1C(=O)Nc1ncc2c(n1)CCN(S(=O)(=O)c1ccccc1C(=O)O)C2. The third kappa shape index (κ3) is 4.61. The Morgan fingerprint density at radius 3 is 2.56 bits per heavy atom. The van der Waals surface area contributed by atoms with Crippen molar-refractivity contribution in [3.05, 3.63) is 77.1 Å². The zero-order valence-corrected chi connectivity index (χ0v) is 19.1. The fourth-order valence-electron chi connectivity index (χ4n) is 3.67. The number of para-hydroxylation sites is 1. The molecule has 0 radical (unpaired) electrons. The fraction of sp³-hybridized carbons (Fsp3) is 0.217. The molecule has 0 aliphatic carbocycles. The first-order valence-corrected chi connectivity index (χ1v) is 12.0. The van der Waals surface area contributed by atoms with Crippen molar-refractivity contribution < 1.29 is 27.9 Å². The van der Waals surface area contributed by atoms with Crippen LogP contribution in [0.2, 0.25) is 0 Å².